The van der Waals surface area contributed by atoms with Crippen molar-refractivity contribution >= 4 is 22.9 Å². The van der Waals surface area contributed by atoms with Crippen molar-refractivity contribution in [1.82, 2.24) is 10.2 Å². The van der Waals surface area contributed by atoms with Gasteiger partial charge in [0.15, 0.2) is 0 Å². The molecule has 1 rings (SSSR count). The van der Waals surface area contributed by atoms with Crippen molar-refractivity contribution in [2.45, 2.75) is 46.2 Å². The van der Waals surface area contributed by atoms with Crippen LogP contribution in [0.25, 0.3) is 0 Å². The van der Waals surface area contributed by atoms with Crippen LogP contribution in [0, 0.1) is 5.92 Å². The Bertz CT molecular complexity index is 352. The topological polar surface area (TPSA) is 15.3 Å². The molecule has 0 amide bonds. The van der Waals surface area contributed by atoms with Crippen molar-refractivity contribution in [2.24, 2.45) is 5.92 Å². The molecule has 0 saturated heterocycles. The maximum atomic E-state index is 5.96. The molecule has 0 radical (unpaired) electrons. The summed E-state index contributed by atoms with van der Waals surface area (Å²) in [5.41, 5.74) is 0. The van der Waals surface area contributed by atoms with E-state index in [9.17, 15) is 0 Å². The Labute approximate surface area is 127 Å². The summed E-state index contributed by atoms with van der Waals surface area (Å²) in [4.78, 5) is 3.75. The van der Waals surface area contributed by atoms with Crippen LogP contribution in [-0.2, 0) is 6.54 Å². The highest BCUT2D eigenvalue weighted by atomic mass is 35.5. The molecule has 1 heterocycles. The number of rotatable bonds is 9. The third-order valence-corrected chi connectivity index (χ3v) is 4.53. The summed E-state index contributed by atoms with van der Waals surface area (Å²) in [6.45, 7) is 10.0. The predicted octanol–water partition coefficient (Wildman–Crippen LogP) is 4.25. The van der Waals surface area contributed by atoms with Gasteiger partial charge >= 0.3 is 0 Å². The molecule has 0 aliphatic carbocycles. The number of hydrogen-bond donors (Lipinski definition) is 1. The molecule has 1 unspecified atom stereocenters. The van der Waals surface area contributed by atoms with Gasteiger partial charge < -0.3 is 5.32 Å². The Morgan fingerprint density at radius 1 is 1.32 bits per heavy atom. The van der Waals surface area contributed by atoms with Crippen molar-refractivity contribution in [2.75, 3.05) is 20.1 Å². The SMILES string of the molecule is CC(C)CNCCCC(C)N(C)Cc1ccc(Cl)s1. The number of hydrogen-bond acceptors (Lipinski definition) is 3. The minimum absolute atomic E-state index is 0.613. The lowest BCUT2D eigenvalue weighted by Crippen LogP contribution is -2.29. The standard InChI is InChI=1S/C15H27ClN2S/c1-12(2)10-17-9-5-6-13(3)18(4)11-14-7-8-15(16)19-14/h7-8,12-13,17H,5-6,9-11H2,1-4H3. The van der Waals surface area contributed by atoms with Crippen LogP contribution in [0.1, 0.15) is 38.5 Å². The van der Waals surface area contributed by atoms with E-state index in [1.54, 1.807) is 11.3 Å². The highest BCUT2D eigenvalue weighted by molar-refractivity contribution is 7.16. The van der Waals surface area contributed by atoms with Gasteiger partial charge in [-0.1, -0.05) is 25.4 Å². The molecule has 0 aliphatic heterocycles. The lowest BCUT2D eigenvalue weighted by atomic mass is 10.1. The number of nitrogens with one attached hydrogen (secondary N) is 1. The summed E-state index contributed by atoms with van der Waals surface area (Å²) in [5, 5.41) is 3.50. The molecule has 1 N–H and O–H groups in total. The van der Waals surface area contributed by atoms with Crippen LogP contribution >= 0.6 is 22.9 Å². The van der Waals surface area contributed by atoms with E-state index in [2.05, 4.69) is 44.1 Å². The van der Waals surface area contributed by atoms with Gasteiger partial charge in [0.2, 0.25) is 0 Å². The largest absolute Gasteiger partial charge is 0.316 e. The average molecular weight is 303 g/mol. The van der Waals surface area contributed by atoms with Crippen molar-refractivity contribution in [3.63, 3.8) is 0 Å². The van der Waals surface area contributed by atoms with Crippen LogP contribution in [0.3, 0.4) is 0 Å². The van der Waals surface area contributed by atoms with Gasteiger partial charge in [0.25, 0.3) is 0 Å². The molecule has 19 heavy (non-hydrogen) atoms. The van der Waals surface area contributed by atoms with Crippen LogP contribution in [0.4, 0.5) is 0 Å². The molecule has 2 nitrogen and oxygen atoms in total. The molecule has 110 valence electrons. The van der Waals surface area contributed by atoms with Crippen LogP contribution in [-0.4, -0.2) is 31.1 Å². The molecule has 0 aromatic carbocycles. The summed E-state index contributed by atoms with van der Waals surface area (Å²) in [6, 6.07) is 4.72. The number of nitrogens with zero attached hydrogens (tertiary/aromatic N) is 1. The van der Waals surface area contributed by atoms with Crippen molar-refractivity contribution < 1.29 is 0 Å². The zero-order chi connectivity index (χ0) is 14.3. The van der Waals surface area contributed by atoms with Crippen LogP contribution < -0.4 is 5.32 Å². The molecule has 0 saturated carbocycles. The van der Waals surface area contributed by atoms with Gasteiger partial charge in [-0.05, 0) is 58.0 Å². The summed E-state index contributed by atoms with van der Waals surface area (Å²) in [5.74, 6) is 0.740. The Morgan fingerprint density at radius 3 is 2.63 bits per heavy atom. The molecule has 1 atom stereocenters. The zero-order valence-electron chi connectivity index (χ0n) is 12.6. The van der Waals surface area contributed by atoms with Gasteiger partial charge in [0, 0.05) is 17.5 Å². The van der Waals surface area contributed by atoms with Gasteiger partial charge in [-0.3, -0.25) is 4.90 Å². The predicted molar refractivity (Wildman–Crippen MR) is 87.2 cm³/mol. The first kappa shape index (κ1) is 17.0. The maximum absolute atomic E-state index is 5.96. The lowest BCUT2D eigenvalue weighted by Gasteiger charge is -2.24. The fourth-order valence-electron chi connectivity index (χ4n) is 1.97. The Balaban J connectivity index is 2.16. The van der Waals surface area contributed by atoms with Crippen molar-refractivity contribution in [3.05, 3.63) is 21.3 Å². The summed E-state index contributed by atoms with van der Waals surface area (Å²) >= 11 is 7.64. The lowest BCUT2D eigenvalue weighted by molar-refractivity contribution is 0.236. The first-order chi connectivity index (χ1) is 8.99. The maximum Gasteiger partial charge on any atom is 0.0931 e. The van der Waals surface area contributed by atoms with Crippen molar-refractivity contribution in [1.29, 1.82) is 0 Å². The van der Waals surface area contributed by atoms with E-state index < -0.39 is 0 Å². The normalized spacial score (nSPS) is 13.4. The first-order valence-corrected chi connectivity index (χ1v) is 8.33. The van der Waals surface area contributed by atoms with Crippen LogP contribution in [0.5, 0.6) is 0 Å². The van der Waals surface area contributed by atoms with Gasteiger partial charge in [0.1, 0.15) is 0 Å². The highest BCUT2D eigenvalue weighted by Gasteiger charge is 2.10. The second kappa shape index (κ2) is 8.96. The molecule has 0 bridgehead atoms. The van der Waals surface area contributed by atoms with E-state index in [1.807, 2.05) is 6.07 Å². The van der Waals surface area contributed by atoms with E-state index in [4.69, 9.17) is 11.6 Å². The summed E-state index contributed by atoms with van der Waals surface area (Å²) in [6.07, 6.45) is 2.48. The van der Waals surface area contributed by atoms with E-state index in [0.717, 1.165) is 29.9 Å². The molecule has 0 fully saturated rings. The smallest absolute Gasteiger partial charge is 0.0931 e. The number of halogens is 1. The van der Waals surface area contributed by atoms with Gasteiger partial charge in [-0.15, -0.1) is 11.3 Å². The summed E-state index contributed by atoms with van der Waals surface area (Å²) < 4.78 is 0.883. The van der Waals surface area contributed by atoms with E-state index >= 15 is 0 Å². The Morgan fingerprint density at radius 2 is 2.05 bits per heavy atom. The summed E-state index contributed by atoms with van der Waals surface area (Å²) in [7, 11) is 2.19. The molecule has 1 aromatic heterocycles. The van der Waals surface area contributed by atoms with Crippen molar-refractivity contribution in [3.8, 4) is 0 Å². The Hall–Kier alpha value is -0.0900. The zero-order valence-corrected chi connectivity index (χ0v) is 14.2. The molecule has 0 aliphatic rings. The minimum Gasteiger partial charge on any atom is -0.316 e. The first-order valence-electron chi connectivity index (χ1n) is 7.14. The molecular weight excluding hydrogens is 276 g/mol. The quantitative estimate of drug-likeness (QED) is 0.686. The highest BCUT2D eigenvalue weighted by Crippen LogP contribution is 2.23. The van der Waals surface area contributed by atoms with E-state index in [1.165, 1.54) is 17.7 Å². The molecular formula is C15H27ClN2S. The molecule has 4 heteroatoms. The second-order valence-electron chi connectivity index (χ2n) is 5.71. The van der Waals surface area contributed by atoms with Crippen LogP contribution in [0.2, 0.25) is 4.34 Å². The fourth-order valence-corrected chi connectivity index (χ4v) is 3.12. The van der Waals surface area contributed by atoms with E-state index in [-0.39, 0.29) is 0 Å². The minimum atomic E-state index is 0.613. The van der Waals surface area contributed by atoms with Gasteiger partial charge in [-0.2, -0.15) is 0 Å². The van der Waals surface area contributed by atoms with Gasteiger partial charge in [0.05, 0.1) is 4.34 Å². The average Bonchev–Trinajstić information content (AvgIpc) is 2.73. The molecule has 1 aromatic rings. The van der Waals surface area contributed by atoms with E-state index in [0.29, 0.717) is 6.04 Å². The Kier molecular flexibility index (Phi) is 8.00. The molecule has 0 spiro atoms. The van der Waals surface area contributed by atoms with Gasteiger partial charge in [-0.25, -0.2) is 0 Å². The third-order valence-electron chi connectivity index (χ3n) is 3.31. The fraction of sp³-hybridized carbons (Fsp3) is 0.733. The monoisotopic (exact) mass is 302 g/mol. The van der Waals surface area contributed by atoms with Crippen LogP contribution in [0.15, 0.2) is 12.1 Å². The second-order valence-corrected chi connectivity index (χ2v) is 7.51. The third kappa shape index (κ3) is 7.31. The number of thiophene rings is 1.